The zero-order valence-electron chi connectivity index (χ0n) is 12.7. The topological polar surface area (TPSA) is 55.8 Å². The summed E-state index contributed by atoms with van der Waals surface area (Å²) in [4.78, 5) is 25.4. The van der Waals surface area contributed by atoms with Gasteiger partial charge in [0.1, 0.15) is 0 Å². The Balaban J connectivity index is 2.20. The van der Waals surface area contributed by atoms with E-state index in [1.165, 1.54) is 12.8 Å². The minimum absolute atomic E-state index is 0.0500. The van der Waals surface area contributed by atoms with E-state index in [9.17, 15) is 9.59 Å². The summed E-state index contributed by atoms with van der Waals surface area (Å²) >= 11 is 0. The Labute approximate surface area is 121 Å². The van der Waals surface area contributed by atoms with E-state index in [2.05, 4.69) is 6.92 Å². The fourth-order valence-corrected chi connectivity index (χ4v) is 2.37. The van der Waals surface area contributed by atoms with Crippen LogP contribution in [0.5, 0.6) is 0 Å². The van der Waals surface area contributed by atoms with Gasteiger partial charge < -0.3 is 14.4 Å². The SMILES string of the molecule is CCCCCCOC(=O)C1CC(=O)N(CCCOC)C1. The largest absolute Gasteiger partial charge is 0.465 e. The van der Waals surface area contributed by atoms with Crippen molar-refractivity contribution in [3.63, 3.8) is 0 Å². The maximum atomic E-state index is 11.9. The molecule has 1 aliphatic rings. The lowest BCUT2D eigenvalue weighted by Gasteiger charge is -2.15. The van der Waals surface area contributed by atoms with Gasteiger partial charge in [0.25, 0.3) is 0 Å². The molecule has 5 nitrogen and oxygen atoms in total. The summed E-state index contributed by atoms with van der Waals surface area (Å²) in [5, 5.41) is 0. The second-order valence-electron chi connectivity index (χ2n) is 5.32. The fourth-order valence-electron chi connectivity index (χ4n) is 2.37. The van der Waals surface area contributed by atoms with E-state index >= 15 is 0 Å². The molecule has 0 aromatic rings. The van der Waals surface area contributed by atoms with Crippen molar-refractivity contribution in [3.05, 3.63) is 0 Å². The van der Waals surface area contributed by atoms with Crippen molar-refractivity contribution in [2.24, 2.45) is 5.92 Å². The molecule has 1 heterocycles. The predicted molar refractivity (Wildman–Crippen MR) is 76.3 cm³/mol. The standard InChI is InChI=1S/C15H27NO4/c1-3-4-5-6-10-20-15(18)13-11-14(17)16(12-13)8-7-9-19-2/h13H,3-12H2,1-2H3. The lowest BCUT2D eigenvalue weighted by molar-refractivity contribution is -0.148. The Bertz CT molecular complexity index is 306. The van der Waals surface area contributed by atoms with Crippen LogP contribution in [-0.4, -0.2) is 50.2 Å². The van der Waals surface area contributed by atoms with Gasteiger partial charge in [-0.1, -0.05) is 26.2 Å². The maximum absolute atomic E-state index is 11.9. The van der Waals surface area contributed by atoms with Crippen molar-refractivity contribution in [1.29, 1.82) is 0 Å². The number of carbonyl (C=O) groups excluding carboxylic acids is 2. The second kappa shape index (κ2) is 9.75. The summed E-state index contributed by atoms with van der Waals surface area (Å²) in [6.45, 7) is 4.42. The zero-order chi connectivity index (χ0) is 14.8. The molecule has 0 aromatic carbocycles. The first-order valence-electron chi connectivity index (χ1n) is 7.62. The average molecular weight is 285 g/mol. The zero-order valence-corrected chi connectivity index (χ0v) is 12.7. The Hall–Kier alpha value is -1.10. The number of rotatable bonds is 10. The van der Waals surface area contributed by atoms with Crippen molar-refractivity contribution >= 4 is 11.9 Å². The number of ether oxygens (including phenoxy) is 2. The monoisotopic (exact) mass is 285 g/mol. The minimum Gasteiger partial charge on any atom is -0.465 e. The molecule has 1 aliphatic heterocycles. The molecule has 116 valence electrons. The normalized spacial score (nSPS) is 18.6. The highest BCUT2D eigenvalue weighted by Crippen LogP contribution is 2.19. The highest BCUT2D eigenvalue weighted by molar-refractivity contribution is 5.86. The molecule has 1 atom stereocenters. The van der Waals surface area contributed by atoms with Gasteiger partial charge in [-0.3, -0.25) is 9.59 Å². The number of amides is 1. The van der Waals surface area contributed by atoms with Crippen molar-refractivity contribution < 1.29 is 19.1 Å². The molecule has 5 heteroatoms. The number of nitrogens with zero attached hydrogens (tertiary/aromatic N) is 1. The van der Waals surface area contributed by atoms with Gasteiger partial charge in [0.2, 0.25) is 5.91 Å². The van der Waals surface area contributed by atoms with Gasteiger partial charge >= 0.3 is 5.97 Å². The Morgan fingerprint density at radius 1 is 1.25 bits per heavy atom. The van der Waals surface area contributed by atoms with Crippen LogP contribution >= 0.6 is 0 Å². The van der Waals surface area contributed by atoms with Gasteiger partial charge in [0.15, 0.2) is 0 Å². The van der Waals surface area contributed by atoms with Crippen LogP contribution in [0.1, 0.15) is 45.4 Å². The first kappa shape index (κ1) is 17.0. The highest BCUT2D eigenvalue weighted by atomic mass is 16.5. The maximum Gasteiger partial charge on any atom is 0.311 e. The van der Waals surface area contributed by atoms with Crippen LogP contribution in [0.4, 0.5) is 0 Å². The van der Waals surface area contributed by atoms with Crippen LogP contribution in [-0.2, 0) is 19.1 Å². The molecule has 0 N–H and O–H groups in total. The number of likely N-dealkylation sites (tertiary alicyclic amines) is 1. The number of methoxy groups -OCH3 is 1. The van der Waals surface area contributed by atoms with E-state index in [0.29, 0.717) is 32.7 Å². The third kappa shape index (κ3) is 5.90. The summed E-state index contributed by atoms with van der Waals surface area (Å²) < 4.78 is 10.2. The third-order valence-electron chi connectivity index (χ3n) is 3.57. The van der Waals surface area contributed by atoms with Crippen molar-refractivity contribution in [3.8, 4) is 0 Å². The molecule has 1 unspecified atom stereocenters. The number of carbonyl (C=O) groups is 2. The van der Waals surface area contributed by atoms with Crippen LogP contribution in [0.15, 0.2) is 0 Å². The number of esters is 1. The highest BCUT2D eigenvalue weighted by Gasteiger charge is 2.34. The molecule has 0 spiro atoms. The van der Waals surface area contributed by atoms with Crippen molar-refractivity contribution in [1.82, 2.24) is 4.90 Å². The first-order valence-corrected chi connectivity index (χ1v) is 7.62. The van der Waals surface area contributed by atoms with Crippen molar-refractivity contribution in [2.45, 2.75) is 45.4 Å². The van der Waals surface area contributed by atoms with E-state index in [1.807, 2.05) is 0 Å². The quantitative estimate of drug-likeness (QED) is 0.455. The molecule has 20 heavy (non-hydrogen) atoms. The van der Waals surface area contributed by atoms with Gasteiger partial charge in [-0.05, 0) is 12.8 Å². The molecule has 1 fully saturated rings. The Morgan fingerprint density at radius 2 is 2.05 bits per heavy atom. The van der Waals surface area contributed by atoms with E-state index in [-0.39, 0.29) is 17.8 Å². The van der Waals surface area contributed by atoms with Crippen LogP contribution in [0.3, 0.4) is 0 Å². The van der Waals surface area contributed by atoms with Crippen LogP contribution in [0.25, 0.3) is 0 Å². The Morgan fingerprint density at radius 3 is 2.75 bits per heavy atom. The summed E-state index contributed by atoms with van der Waals surface area (Å²) in [6, 6.07) is 0. The molecule has 0 bridgehead atoms. The molecule has 0 radical (unpaired) electrons. The van der Waals surface area contributed by atoms with Gasteiger partial charge in [0, 0.05) is 33.2 Å². The summed E-state index contributed by atoms with van der Waals surface area (Å²) in [5.41, 5.74) is 0. The molecular formula is C15H27NO4. The van der Waals surface area contributed by atoms with Gasteiger partial charge in [-0.2, -0.15) is 0 Å². The van der Waals surface area contributed by atoms with Crippen LogP contribution in [0.2, 0.25) is 0 Å². The lowest BCUT2D eigenvalue weighted by atomic mass is 10.1. The van der Waals surface area contributed by atoms with E-state index in [0.717, 1.165) is 19.3 Å². The van der Waals surface area contributed by atoms with Gasteiger partial charge in [-0.15, -0.1) is 0 Å². The molecular weight excluding hydrogens is 258 g/mol. The van der Waals surface area contributed by atoms with Gasteiger partial charge in [-0.25, -0.2) is 0 Å². The molecule has 0 saturated carbocycles. The fraction of sp³-hybridized carbons (Fsp3) is 0.867. The van der Waals surface area contributed by atoms with Crippen LogP contribution in [0, 0.1) is 5.92 Å². The number of hydrogen-bond acceptors (Lipinski definition) is 4. The molecule has 1 rings (SSSR count). The van der Waals surface area contributed by atoms with E-state index < -0.39 is 0 Å². The molecule has 1 saturated heterocycles. The minimum atomic E-state index is -0.281. The molecule has 0 aliphatic carbocycles. The number of hydrogen-bond donors (Lipinski definition) is 0. The lowest BCUT2D eigenvalue weighted by Crippen LogP contribution is -2.28. The summed E-state index contributed by atoms with van der Waals surface area (Å²) in [6.07, 6.45) is 5.45. The van der Waals surface area contributed by atoms with Gasteiger partial charge in [0.05, 0.1) is 12.5 Å². The predicted octanol–water partition coefficient (Wildman–Crippen LogP) is 1.99. The summed E-state index contributed by atoms with van der Waals surface area (Å²) in [5.74, 6) is -0.450. The molecule has 0 aromatic heterocycles. The third-order valence-corrected chi connectivity index (χ3v) is 3.57. The Kier molecular flexibility index (Phi) is 8.26. The van der Waals surface area contributed by atoms with Crippen LogP contribution < -0.4 is 0 Å². The second-order valence-corrected chi connectivity index (χ2v) is 5.32. The first-order chi connectivity index (χ1) is 9.69. The number of unbranched alkanes of at least 4 members (excludes halogenated alkanes) is 3. The average Bonchev–Trinajstić information content (AvgIpc) is 2.80. The van der Waals surface area contributed by atoms with E-state index in [4.69, 9.17) is 9.47 Å². The van der Waals surface area contributed by atoms with E-state index in [1.54, 1.807) is 12.0 Å². The summed E-state index contributed by atoms with van der Waals surface area (Å²) in [7, 11) is 1.64. The van der Waals surface area contributed by atoms with Crippen molar-refractivity contribution in [2.75, 3.05) is 33.4 Å². The molecule has 1 amide bonds. The smallest absolute Gasteiger partial charge is 0.311 e.